The van der Waals surface area contributed by atoms with E-state index in [-0.39, 0.29) is 35.7 Å². The lowest BCUT2D eigenvalue weighted by molar-refractivity contribution is -0.123. The van der Waals surface area contributed by atoms with Gasteiger partial charge in [-0.3, -0.25) is 4.79 Å². The minimum atomic E-state index is -3.34. The van der Waals surface area contributed by atoms with Crippen molar-refractivity contribution in [3.8, 4) is 0 Å². The Morgan fingerprint density at radius 1 is 1.16 bits per heavy atom. The van der Waals surface area contributed by atoms with Gasteiger partial charge in [0.25, 0.3) is 5.92 Å². The summed E-state index contributed by atoms with van der Waals surface area (Å²) in [4.78, 5) is 22.0. The second-order valence-corrected chi connectivity index (χ2v) is 10.6. The van der Waals surface area contributed by atoms with Crippen molar-refractivity contribution in [2.24, 2.45) is 11.8 Å². The van der Waals surface area contributed by atoms with Crippen molar-refractivity contribution >= 4 is 11.7 Å². The highest BCUT2D eigenvalue weighted by atomic mass is 19.3. The lowest BCUT2D eigenvalue weighted by Gasteiger charge is -2.48. The average molecular weight is 537 g/mol. The maximum atomic E-state index is 15.1. The average Bonchev–Trinajstić information content (AvgIpc) is 3.31. The van der Waals surface area contributed by atoms with Crippen LogP contribution in [-0.2, 0) is 26.6 Å². The second-order valence-electron chi connectivity index (χ2n) is 10.6. The molecular weight excluding hydrogens is 504 g/mol. The third-order valence-corrected chi connectivity index (χ3v) is 7.76. The highest BCUT2D eigenvalue weighted by Gasteiger charge is 2.46. The molecule has 4 aliphatic rings. The number of alkyl halides is 3. The van der Waals surface area contributed by atoms with Gasteiger partial charge in [-0.05, 0) is 44.9 Å². The standard InChI is InChI=1S/C27H32F4N4O3/c1-13(17-5-4-6-18(24(17)29)27(3,30)31)32-25-23(26-37-7-8-38-26)21(33-14(2)34-25)12-22(36)35-20-11-19(28)15-9-16(20)10-15/h4-6,13,15-16,19-20,26H,7-12H2,1-3H3,(H,35,36)(H,32,33,34)/t13-,15?,16?,19?,20?/m1/s1. The third-order valence-electron chi connectivity index (χ3n) is 7.76. The molecule has 38 heavy (non-hydrogen) atoms. The smallest absolute Gasteiger partial charge is 0.273 e. The zero-order chi connectivity index (χ0) is 27.2. The van der Waals surface area contributed by atoms with Crippen molar-refractivity contribution in [2.45, 2.75) is 76.9 Å². The van der Waals surface area contributed by atoms with Gasteiger partial charge >= 0.3 is 0 Å². The lowest BCUT2D eigenvalue weighted by atomic mass is 9.62. The maximum absolute atomic E-state index is 15.1. The molecule has 1 aromatic carbocycles. The fraction of sp³-hybridized carbons (Fsp3) is 0.593. The molecule has 1 aliphatic heterocycles. The highest BCUT2D eigenvalue weighted by Crippen LogP contribution is 2.47. The summed E-state index contributed by atoms with van der Waals surface area (Å²) in [5, 5.41) is 6.08. The van der Waals surface area contributed by atoms with Crippen LogP contribution in [0.5, 0.6) is 0 Å². The summed E-state index contributed by atoms with van der Waals surface area (Å²) < 4.78 is 68.5. The summed E-state index contributed by atoms with van der Waals surface area (Å²) in [7, 11) is 0. The van der Waals surface area contributed by atoms with Crippen LogP contribution in [0.15, 0.2) is 18.2 Å². The fourth-order valence-corrected chi connectivity index (χ4v) is 5.71. The number of rotatable bonds is 8. The molecule has 206 valence electrons. The van der Waals surface area contributed by atoms with Crippen LogP contribution in [0.4, 0.5) is 23.4 Å². The highest BCUT2D eigenvalue weighted by molar-refractivity contribution is 5.79. The summed E-state index contributed by atoms with van der Waals surface area (Å²) in [6, 6.07) is 2.90. The molecule has 11 heteroatoms. The summed E-state index contributed by atoms with van der Waals surface area (Å²) in [5.41, 5.74) is 0.0995. The Bertz CT molecular complexity index is 1200. The molecule has 6 rings (SSSR count). The molecule has 0 spiro atoms. The van der Waals surface area contributed by atoms with Gasteiger partial charge < -0.3 is 20.1 Å². The Kier molecular flexibility index (Phi) is 7.34. The number of amides is 1. The largest absolute Gasteiger partial charge is 0.363 e. The number of ether oxygens (including phenoxy) is 2. The summed E-state index contributed by atoms with van der Waals surface area (Å²) in [6.07, 6.45) is 0.0357. The van der Waals surface area contributed by atoms with Crippen molar-refractivity contribution in [2.75, 3.05) is 18.5 Å². The van der Waals surface area contributed by atoms with Gasteiger partial charge in [0.1, 0.15) is 23.6 Å². The zero-order valence-corrected chi connectivity index (χ0v) is 21.6. The van der Waals surface area contributed by atoms with Crippen LogP contribution < -0.4 is 10.6 Å². The number of fused-ring (bicyclic) bond motifs is 2. The van der Waals surface area contributed by atoms with E-state index in [1.807, 2.05) is 0 Å². The van der Waals surface area contributed by atoms with Crippen LogP contribution in [0.1, 0.15) is 73.7 Å². The Labute approximate surface area is 218 Å². The van der Waals surface area contributed by atoms with Gasteiger partial charge in [0.05, 0.1) is 42.5 Å². The van der Waals surface area contributed by atoms with E-state index >= 15 is 4.39 Å². The van der Waals surface area contributed by atoms with Crippen LogP contribution in [-0.4, -0.2) is 41.3 Å². The topological polar surface area (TPSA) is 85.4 Å². The molecule has 2 heterocycles. The molecule has 4 fully saturated rings. The molecular formula is C27H32F4N4O3. The van der Waals surface area contributed by atoms with Gasteiger partial charge in [-0.25, -0.2) is 27.5 Å². The summed E-state index contributed by atoms with van der Waals surface area (Å²) in [5.74, 6) is -3.62. The Balaban J connectivity index is 1.41. The Morgan fingerprint density at radius 2 is 1.87 bits per heavy atom. The molecule has 2 N–H and O–H groups in total. The Morgan fingerprint density at radius 3 is 2.53 bits per heavy atom. The summed E-state index contributed by atoms with van der Waals surface area (Å²) in [6.45, 7) is 4.58. The third kappa shape index (κ3) is 5.36. The first-order chi connectivity index (χ1) is 18.0. The molecule has 2 unspecified atom stereocenters. The number of benzene rings is 1. The van der Waals surface area contributed by atoms with Crippen LogP contribution in [0.25, 0.3) is 0 Å². The molecule has 7 nitrogen and oxygen atoms in total. The van der Waals surface area contributed by atoms with Crippen LogP contribution in [0.3, 0.4) is 0 Å². The second kappa shape index (κ2) is 10.4. The number of anilines is 1. The number of aryl methyl sites for hydroxylation is 1. The zero-order valence-electron chi connectivity index (χ0n) is 21.6. The van der Waals surface area contributed by atoms with Gasteiger partial charge in [0, 0.05) is 18.5 Å². The lowest BCUT2D eigenvalue weighted by Crippen LogP contribution is -2.54. The normalized spacial score (nSPS) is 26.1. The Hall–Kier alpha value is -2.79. The number of aromatic nitrogens is 2. The van der Waals surface area contributed by atoms with Gasteiger partial charge in [0.15, 0.2) is 6.29 Å². The number of hydrogen-bond acceptors (Lipinski definition) is 6. The SMILES string of the molecule is Cc1nc(CC(=O)NC2CC(F)C3CC2C3)c(C2OCCO2)c(N[C@H](C)c2cccc(C(C)(F)F)c2F)n1. The van der Waals surface area contributed by atoms with E-state index in [1.165, 1.54) is 12.1 Å². The predicted molar refractivity (Wildman–Crippen MR) is 131 cm³/mol. The van der Waals surface area contributed by atoms with Gasteiger partial charge in [0.2, 0.25) is 5.91 Å². The number of nitrogens with one attached hydrogen (secondary N) is 2. The van der Waals surface area contributed by atoms with E-state index in [1.54, 1.807) is 13.8 Å². The molecule has 3 atom stereocenters. The molecule has 3 saturated carbocycles. The van der Waals surface area contributed by atoms with Crippen molar-refractivity contribution in [1.29, 1.82) is 0 Å². The molecule has 1 aromatic heterocycles. The number of hydrogen-bond donors (Lipinski definition) is 2. The molecule has 2 bridgehead atoms. The van der Waals surface area contributed by atoms with Gasteiger partial charge in [-0.1, -0.05) is 18.2 Å². The number of carbonyl (C=O) groups excluding carboxylic acids is 1. The maximum Gasteiger partial charge on any atom is 0.273 e. The van der Waals surface area contributed by atoms with Crippen molar-refractivity contribution in [1.82, 2.24) is 15.3 Å². The number of nitrogens with zero attached hydrogens (tertiary/aromatic N) is 2. The van der Waals surface area contributed by atoms with Crippen LogP contribution in [0.2, 0.25) is 0 Å². The van der Waals surface area contributed by atoms with E-state index in [0.717, 1.165) is 18.9 Å². The van der Waals surface area contributed by atoms with Crippen LogP contribution >= 0.6 is 0 Å². The molecule has 0 radical (unpaired) electrons. The van der Waals surface area contributed by atoms with Crippen molar-refractivity contribution in [3.05, 3.63) is 52.2 Å². The van der Waals surface area contributed by atoms with E-state index in [0.29, 0.717) is 49.6 Å². The molecule has 2 aromatic rings. The van der Waals surface area contributed by atoms with Crippen molar-refractivity contribution < 1.29 is 31.8 Å². The predicted octanol–water partition coefficient (Wildman–Crippen LogP) is 5.05. The first-order valence-electron chi connectivity index (χ1n) is 13.0. The van der Waals surface area contributed by atoms with Gasteiger partial charge in [-0.2, -0.15) is 0 Å². The molecule has 3 aliphatic carbocycles. The first-order valence-corrected chi connectivity index (χ1v) is 13.0. The number of carbonyl (C=O) groups is 1. The number of halogens is 4. The quantitative estimate of drug-likeness (QED) is 0.460. The fourth-order valence-electron chi connectivity index (χ4n) is 5.71. The first kappa shape index (κ1) is 26.8. The van der Waals surface area contributed by atoms with Crippen molar-refractivity contribution in [3.63, 3.8) is 0 Å². The van der Waals surface area contributed by atoms with E-state index in [4.69, 9.17) is 9.47 Å². The molecule has 1 amide bonds. The molecule has 1 saturated heterocycles. The summed E-state index contributed by atoms with van der Waals surface area (Å²) >= 11 is 0. The van der Waals surface area contributed by atoms with E-state index < -0.39 is 35.8 Å². The minimum Gasteiger partial charge on any atom is -0.363 e. The minimum absolute atomic E-state index is 0.0377. The van der Waals surface area contributed by atoms with Gasteiger partial charge in [-0.15, -0.1) is 0 Å². The van der Waals surface area contributed by atoms with Crippen LogP contribution in [0, 0.1) is 24.6 Å². The van der Waals surface area contributed by atoms with E-state index in [9.17, 15) is 18.0 Å². The monoisotopic (exact) mass is 536 g/mol. The van der Waals surface area contributed by atoms with E-state index in [2.05, 4.69) is 20.6 Å².